The second-order valence-electron chi connectivity index (χ2n) is 3.41. The summed E-state index contributed by atoms with van der Waals surface area (Å²) in [4.78, 5) is 0. The molecular weight excluding hydrogens is 140 g/mol. The second kappa shape index (κ2) is 2.47. The van der Waals surface area contributed by atoms with E-state index >= 15 is 0 Å². The maximum atomic E-state index is 9.62. The zero-order valence-electron chi connectivity index (χ0n) is 7.13. The highest BCUT2D eigenvalue weighted by Gasteiger charge is 2.31. The molecule has 1 aliphatic carbocycles. The van der Waals surface area contributed by atoms with Gasteiger partial charge in [-0.2, -0.15) is 0 Å². The fourth-order valence-electron chi connectivity index (χ4n) is 1.48. The molecule has 1 aliphatic rings. The van der Waals surface area contributed by atoms with Crippen molar-refractivity contribution in [2.75, 3.05) is 0 Å². The van der Waals surface area contributed by atoms with Gasteiger partial charge in [-0.25, -0.2) is 0 Å². The minimum Gasteiger partial charge on any atom is -0.385 e. The van der Waals surface area contributed by atoms with E-state index in [2.05, 4.69) is 0 Å². The topological polar surface area (TPSA) is 40.5 Å². The number of allylic oxidation sites excluding steroid dienone is 2. The third kappa shape index (κ3) is 1.52. The van der Waals surface area contributed by atoms with Crippen LogP contribution in [0.3, 0.4) is 0 Å². The summed E-state index contributed by atoms with van der Waals surface area (Å²) in [6, 6.07) is 0. The van der Waals surface area contributed by atoms with E-state index in [4.69, 9.17) is 0 Å². The van der Waals surface area contributed by atoms with Crippen LogP contribution in [-0.2, 0) is 0 Å². The van der Waals surface area contributed by atoms with Crippen LogP contribution in [-0.4, -0.2) is 21.9 Å². The van der Waals surface area contributed by atoms with Gasteiger partial charge in [-0.15, -0.1) is 0 Å². The molecule has 2 N–H and O–H groups in total. The van der Waals surface area contributed by atoms with Crippen molar-refractivity contribution in [1.82, 2.24) is 0 Å². The summed E-state index contributed by atoms with van der Waals surface area (Å²) >= 11 is 0. The van der Waals surface area contributed by atoms with Crippen molar-refractivity contribution >= 4 is 0 Å². The zero-order chi connectivity index (χ0) is 8.65. The Bertz CT molecular complexity index is 224. The monoisotopic (exact) mass is 154 g/mol. The lowest BCUT2D eigenvalue weighted by molar-refractivity contribution is -0.00775. The summed E-state index contributed by atoms with van der Waals surface area (Å²) in [5.41, 5.74) is 0.718. The van der Waals surface area contributed by atoms with Crippen LogP contribution in [0.15, 0.2) is 23.3 Å². The molecular formula is C9H14O2. The number of hydrogen-bond donors (Lipinski definition) is 2. The first-order valence-corrected chi connectivity index (χ1v) is 3.71. The quantitative estimate of drug-likeness (QED) is 0.546. The first kappa shape index (κ1) is 8.50. The molecule has 0 heterocycles. The normalized spacial score (nSPS) is 38.1. The van der Waals surface area contributed by atoms with Crippen LogP contribution in [0, 0.1) is 0 Å². The molecule has 0 saturated carbocycles. The van der Waals surface area contributed by atoms with Gasteiger partial charge in [0.25, 0.3) is 0 Å². The second-order valence-corrected chi connectivity index (χ2v) is 3.41. The van der Waals surface area contributed by atoms with Gasteiger partial charge in [-0.3, -0.25) is 0 Å². The van der Waals surface area contributed by atoms with Crippen molar-refractivity contribution in [3.63, 3.8) is 0 Å². The highest BCUT2D eigenvalue weighted by molar-refractivity contribution is 5.34. The smallest absolute Gasteiger partial charge is 0.110 e. The van der Waals surface area contributed by atoms with E-state index < -0.39 is 11.7 Å². The van der Waals surface area contributed by atoms with Gasteiger partial charge in [0.2, 0.25) is 0 Å². The number of aliphatic hydroxyl groups excluding tert-OH is 1. The molecule has 0 spiro atoms. The Balaban J connectivity index is 3.01. The third-order valence-corrected chi connectivity index (χ3v) is 1.96. The lowest BCUT2D eigenvalue weighted by atomic mass is 9.86. The van der Waals surface area contributed by atoms with Crippen molar-refractivity contribution in [1.29, 1.82) is 0 Å². The van der Waals surface area contributed by atoms with E-state index in [9.17, 15) is 10.2 Å². The van der Waals surface area contributed by atoms with Crippen molar-refractivity contribution in [3.8, 4) is 0 Å². The summed E-state index contributed by atoms with van der Waals surface area (Å²) < 4.78 is 0. The molecule has 0 amide bonds. The molecule has 0 radical (unpaired) electrons. The summed E-state index contributed by atoms with van der Waals surface area (Å²) in [5.74, 6) is 0. The molecule has 1 rings (SSSR count). The average molecular weight is 154 g/mol. The van der Waals surface area contributed by atoms with Crippen molar-refractivity contribution < 1.29 is 10.2 Å². The van der Waals surface area contributed by atoms with Crippen LogP contribution in [0.25, 0.3) is 0 Å². The number of hydrogen-bond acceptors (Lipinski definition) is 2. The van der Waals surface area contributed by atoms with Gasteiger partial charge < -0.3 is 10.2 Å². The van der Waals surface area contributed by atoms with Crippen molar-refractivity contribution in [2.45, 2.75) is 32.5 Å². The van der Waals surface area contributed by atoms with Crippen LogP contribution in [0.1, 0.15) is 20.8 Å². The van der Waals surface area contributed by atoms with Gasteiger partial charge in [-0.05, 0) is 32.4 Å². The van der Waals surface area contributed by atoms with E-state index in [1.807, 2.05) is 19.9 Å². The molecule has 0 bridgehead atoms. The zero-order valence-corrected chi connectivity index (χ0v) is 7.13. The maximum absolute atomic E-state index is 9.62. The fourth-order valence-corrected chi connectivity index (χ4v) is 1.48. The summed E-state index contributed by atoms with van der Waals surface area (Å²) in [6.45, 7) is 5.33. The maximum Gasteiger partial charge on any atom is 0.110 e. The van der Waals surface area contributed by atoms with Gasteiger partial charge in [0.15, 0.2) is 0 Å². The van der Waals surface area contributed by atoms with E-state index in [-0.39, 0.29) is 0 Å². The highest BCUT2D eigenvalue weighted by atomic mass is 16.3. The van der Waals surface area contributed by atoms with E-state index in [0.717, 1.165) is 11.1 Å². The van der Waals surface area contributed by atoms with Crippen LogP contribution in [0.5, 0.6) is 0 Å². The Labute approximate surface area is 66.9 Å². The molecule has 0 aliphatic heterocycles. The molecule has 2 nitrogen and oxygen atoms in total. The Kier molecular flexibility index (Phi) is 1.90. The number of aliphatic hydroxyl groups is 2. The van der Waals surface area contributed by atoms with Crippen molar-refractivity contribution in [2.24, 2.45) is 0 Å². The number of rotatable bonds is 0. The molecule has 62 valence electrons. The molecule has 2 unspecified atom stereocenters. The minimum atomic E-state index is -1.09. The molecule has 0 fully saturated rings. The molecule has 11 heavy (non-hydrogen) atoms. The van der Waals surface area contributed by atoms with Gasteiger partial charge in [0.1, 0.15) is 11.7 Å². The van der Waals surface area contributed by atoms with Gasteiger partial charge >= 0.3 is 0 Å². The van der Waals surface area contributed by atoms with Crippen molar-refractivity contribution in [3.05, 3.63) is 23.3 Å². The predicted octanol–water partition coefficient (Wildman–Crippen LogP) is 1.00. The molecule has 0 aromatic carbocycles. The standard InChI is InChI=1S/C9H14O2/c1-6-4-7(2)8(10)9(3,11)5-6/h4-5,8,10-11H,1-3H3. The first-order valence-electron chi connectivity index (χ1n) is 3.71. The van der Waals surface area contributed by atoms with Gasteiger partial charge in [0, 0.05) is 0 Å². The van der Waals surface area contributed by atoms with Crippen LogP contribution < -0.4 is 0 Å². The Morgan fingerprint density at radius 3 is 2.45 bits per heavy atom. The van der Waals surface area contributed by atoms with Crippen LogP contribution in [0.2, 0.25) is 0 Å². The largest absolute Gasteiger partial charge is 0.385 e. The van der Waals surface area contributed by atoms with Gasteiger partial charge in [-0.1, -0.05) is 11.6 Å². The summed E-state index contributed by atoms with van der Waals surface area (Å²) in [7, 11) is 0. The summed E-state index contributed by atoms with van der Waals surface area (Å²) in [6.07, 6.45) is 2.79. The molecule has 0 aromatic rings. The van der Waals surface area contributed by atoms with E-state index in [1.54, 1.807) is 13.0 Å². The Hall–Kier alpha value is -0.600. The first-order chi connectivity index (χ1) is 4.93. The fraction of sp³-hybridized carbons (Fsp3) is 0.556. The molecule has 2 heteroatoms. The van der Waals surface area contributed by atoms with Crippen LogP contribution >= 0.6 is 0 Å². The lowest BCUT2D eigenvalue weighted by Gasteiger charge is -2.30. The molecule has 2 atom stereocenters. The third-order valence-electron chi connectivity index (χ3n) is 1.96. The Morgan fingerprint density at radius 2 is 2.00 bits per heavy atom. The molecule has 0 aromatic heterocycles. The highest BCUT2D eigenvalue weighted by Crippen LogP contribution is 2.25. The predicted molar refractivity (Wildman–Crippen MR) is 44.1 cm³/mol. The Morgan fingerprint density at radius 1 is 1.45 bits per heavy atom. The van der Waals surface area contributed by atoms with E-state index in [0.29, 0.717) is 0 Å². The SMILES string of the molecule is CC1=CC(C)(O)C(O)C(C)=C1. The van der Waals surface area contributed by atoms with E-state index in [1.165, 1.54) is 0 Å². The summed E-state index contributed by atoms with van der Waals surface area (Å²) in [5, 5.41) is 19.1. The minimum absolute atomic E-state index is 0.758. The van der Waals surface area contributed by atoms with Crippen LogP contribution in [0.4, 0.5) is 0 Å². The lowest BCUT2D eigenvalue weighted by Crippen LogP contribution is -2.39. The van der Waals surface area contributed by atoms with Gasteiger partial charge in [0.05, 0.1) is 0 Å². The average Bonchev–Trinajstić information content (AvgIpc) is 1.81. The molecule has 0 saturated heterocycles.